The number of rotatable bonds is 6. The number of aliphatic hydroxyl groups excluding tert-OH is 1. The van der Waals surface area contributed by atoms with Crippen molar-refractivity contribution in [3.63, 3.8) is 0 Å². The minimum atomic E-state index is -0.511. The topological polar surface area (TPSA) is 108 Å². The average Bonchev–Trinajstić information content (AvgIpc) is 3.55. The summed E-state index contributed by atoms with van der Waals surface area (Å²) in [5.41, 5.74) is 7.14. The summed E-state index contributed by atoms with van der Waals surface area (Å²) >= 11 is 0. The maximum Gasteiger partial charge on any atom is 0.274 e. The normalized spacial score (nSPS) is 17.0. The largest absolute Gasteiger partial charge is 0.392 e. The molecule has 7 rings (SSSR count). The molecule has 0 spiro atoms. The molecule has 1 aromatic carbocycles. The van der Waals surface area contributed by atoms with Gasteiger partial charge in [-0.3, -0.25) is 14.7 Å². The highest BCUT2D eigenvalue weighted by molar-refractivity contribution is 6.07. The molecule has 4 aromatic rings. The first-order chi connectivity index (χ1) is 19.9. The van der Waals surface area contributed by atoms with Crippen LogP contribution >= 0.6 is 0 Å². The minimum Gasteiger partial charge on any atom is -0.392 e. The minimum absolute atomic E-state index is 0.159. The number of aromatic nitrogens is 4. The van der Waals surface area contributed by atoms with E-state index in [9.17, 15) is 14.7 Å². The van der Waals surface area contributed by atoms with Crippen LogP contribution in [0.1, 0.15) is 63.0 Å². The number of H-pyrrole nitrogens is 1. The Bertz CT molecular complexity index is 1730. The lowest BCUT2D eigenvalue weighted by Gasteiger charge is -2.31. The smallest absolute Gasteiger partial charge is 0.274 e. The Kier molecular flexibility index (Phi) is 6.39. The third kappa shape index (κ3) is 4.42. The number of halogens is 1. The van der Waals surface area contributed by atoms with Crippen molar-refractivity contribution < 1.29 is 14.3 Å². The van der Waals surface area contributed by atoms with Crippen LogP contribution in [0.2, 0.25) is 0 Å². The first-order valence-electron chi connectivity index (χ1n) is 14.3. The number of aliphatic hydroxyl groups is 1. The zero-order chi connectivity index (χ0) is 28.2. The Morgan fingerprint density at radius 1 is 1.07 bits per heavy atom. The van der Waals surface area contributed by atoms with Gasteiger partial charge in [0.05, 0.1) is 18.0 Å². The van der Waals surface area contributed by atoms with Gasteiger partial charge in [-0.15, -0.1) is 0 Å². The number of nitrogens with zero attached hydrogens (tertiary/aromatic N) is 4. The lowest BCUT2D eigenvalue weighted by atomic mass is 9.96. The number of anilines is 1. The van der Waals surface area contributed by atoms with E-state index in [1.165, 1.54) is 28.0 Å². The SMILES string of the molecule is Cn1cc(-c2cc(F)cc(N3CCn4c(cc5c4CCCC5)C3=O)c2CO)cc(Cc2cc(C3CNC3)n[nH]2)c1=O. The molecule has 0 saturated carbocycles. The standard InChI is InChI=1S/C31H33FN6O3/c1-36-16-20(8-19(30(36)40)9-23-13-26(35-34-23)21-14-33-15-21)24-11-22(32)12-28(25(24)17-39)38-7-6-37-27-5-3-2-4-18(27)10-29(37)31(38)41/h8,10-13,16,21,33,39H,2-7,9,14-15,17H2,1H3,(H,34,35). The molecule has 10 heteroatoms. The number of aromatic amines is 1. The van der Waals surface area contributed by atoms with Gasteiger partial charge < -0.3 is 24.5 Å². The van der Waals surface area contributed by atoms with Gasteiger partial charge in [-0.25, -0.2) is 4.39 Å². The van der Waals surface area contributed by atoms with Crippen molar-refractivity contribution in [1.29, 1.82) is 0 Å². The fraction of sp³-hybridized carbons (Fsp3) is 0.387. The van der Waals surface area contributed by atoms with E-state index in [0.29, 0.717) is 59.1 Å². The number of fused-ring (bicyclic) bond motifs is 3. The molecule has 3 aliphatic rings. The van der Waals surface area contributed by atoms with Gasteiger partial charge in [-0.2, -0.15) is 5.10 Å². The van der Waals surface area contributed by atoms with Crippen molar-refractivity contribution in [2.24, 2.45) is 7.05 Å². The van der Waals surface area contributed by atoms with Crippen LogP contribution in [0.3, 0.4) is 0 Å². The molecule has 0 atom stereocenters. The van der Waals surface area contributed by atoms with Crippen molar-refractivity contribution in [2.45, 2.75) is 51.2 Å². The maximum absolute atomic E-state index is 15.2. The summed E-state index contributed by atoms with van der Waals surface area (Å²) in [6.45, 7) is 2.41. The number of pyridine rings is 1. The number of benzene rings is 1. The number of carbonyl (C=O) groups excluding carboxylic acids is 1. The quantitative estimate of drug-likeness (QED) is 0.339. The molecule has 0 radical (unpaired) electrons. The third-order valence-electron chi connectivity index (χ3n) is 8.86. The molecule has 1 amide bonds. The molecule has 0 unspecified atom stereocenters. The Morgan fingerprint density at radius 3 is 2.68 bits per heavy atom. The van der Waals surface area contributed by atoms with Crippen LogP contribution < -0.4 is 15.8 Å². The average molecular weight is 557 g/mol. The summed E-state index contributed by atoms with van der Waals surface area (Å²) in [7, 11) is 1.66. The van der Waals surface area contributed by atoms with Gasteiger partial charge in [-0.1, -0.05) is 0 Å². The molecule has 41 heavy (non-hydrogen) atoms. The predicted octanol–water partition coefficient (Wildman–Crippen LogP) is 3.03. The molecule has 3 N–H and O–H groups in total. The Morgan fingerprint density at radius 2 is 1.90 bits per heavy atom. The van der Waals surface area contributed by atoms with E-state index < -0.39 is 5.82 Å². The molecular weight excluding hydrogens is 523 g/mol. The molecule has 212 valence electrons. The number of hydrogen-bond donors (Lipinski definition) is 3. The second-order valence-corrected chi connectivity index (χ2v) is 11.4. The van der Waals surface area contributed by atoms with Gasteiger partial charge in [0.1, 0.15) is 11.5 Å². The van der Waals surface area contributed by atoms with Crippen molar-refractivity contribution >= 4 is 11.6 Å². The summed E-state index contributed by atoms with van der Waals surface area (Å²) in [5.74, 6) is -0.324. The highest BCUT2D eigenvalue weighted by atomic mass is 19.1. The first-order valence-corrected chi connectivity index (χ1v) is 14.3. The molecule has 3 aromatic heterocycles. The molecule has 5 heterocycles. The van der Waals surface area contributed by atoms with Gasteiger partial charge in [0.15, 0.2) is 0 Å². The number of amides is 1. The van der Waals surface area contributed by atoms with Gasteiger partial charge in [0, 0.05) is 74.3 Å². The number of hydrogen-bond acceptors (Lipinski definition) is 5. The lowest BCUT2D eigenvalue weighted by molar-refractivity contribution is 0.0964. The van der Waals surface area contributed by atoms with Crippen molar-refractivity contribution in [2.75, 3.05) is 24.5 Å². The maximum atomic E-state index is 15.2. The van der Waals surface area contributed by atoms with Crippen LogP contribution in [-0.2, 0) is 39.5 Å². The van der Waals surface area contributed by atoms with E-state index in [-0.39, 0.29) is 18.1 Å². The Balaban J connectivity index is 1.26. The van der Waals surface area contributed by atoms with Gasteiger partial charge >= 0.3 is 0 Å². The van der Waals surface area contributed by atoms with Crippen LogP contribution in [0.5, 0.6) is 0 Å². The Labute approximate surface area is 236 Å². The van der Waals surface area contributed by atoms with Crippen LogP contribution in [-0.4, -0.2) is 50.0 Å². The Hall–Kier alpha value is -4.02. The van der Waals surface area contributed by atoms with E-state index in [1.54, 1.807) is 24.2 Å². The van der Waals surface area contributed by atoms with Gasteiger partial charge in [-0.05, 0) is 72.7 Å². The van der Waals surface area contributed by atoms with E-state index >= 15 is 4.39 Å². The van der Waals surface area contributed by atoms with Gasteiger partial charge in [0.2, 0.25) is 0 Å². The van der Waals surface area contributed by atoms with E-state index in [2.05, 4.69) is 20.1 Å². The zero-order valence-corrected chi connectivity index (χ0v) is 23.0. The molecule has 0 bridgehead atoms. The van der Waals surface area contributed by atoms with E-state index in [0.717, 1.165) is 50.2 Å². The highest BCUT2D eigenvalue weighted by Gasteiger charge is 2.32. The van der Waals surface area contributed by atoms with E-state index in [4.69, 9.17) is 0 Å². The van der Waals surface area contributed by atoms with E-state index in [1.807, 2.05) is 12.1 Å². The fourth-order valence-electron chi connectivity index (χ4n) is 6.59. The first kappa shape index (κ1) is 25.9. The van der Waals surface area contributed by atoms with Gasteiger partial charge in [0.25, 0.3) is 11.5 Å². The fourth-order valence-corrected chi connectivity index (χ4v) is 6.59. The summed E-state index contributed by atoms with van der Waals surface area (Å²) < 4.78 is 18.8. The second-order valence-electron chi connectivity index (χ2n) is 11.4. The summed E-state index contributed by atoms with van der Waals surface area (Å²) in [6.07, 6.45) is 6.19. The van der Waals surface area contributed by atoms with Crippen LogP contribution in [0.15, 0.2) is 41.3 Å². The number of aryl methyl sites for hydroxylation is 2. The molecule has 1 saturated heterocycles. The lowest BCUT2D eigenvalue weighted by Crippen LogP contribution is -2.41. The van der Waals surface area contributed by atoms with Crippen molar-refractivity contribution in [3.05, 3.63) is 92.2 Å². The highest BCUT2D eigenvalue weighted by Crippen LogP contribution is 2.36. The number of nitrogens with one attached hydrogen (secondary N) is 2. The summed E-state index contributed by atoms with van der Waals surface area (Å²) in [5, 5.41) is 21.3. The molecule has 1 aliphatic carbocycles. The molecule has 9 nitrogen and oxygen atoms in total. The third-order valence-corrected chi connectivity index (χ3v) is 8.86. The predicted molar refractivity (Wildman–Crippen MR) is 153 cm³/mol. The van der Waals surface area contributed by atoms with Crippen LogP contribution in [0.25, 0.3) is 11.1 Å². The van der Waals surface area contributed by atoms with Crippen LogP contribution in [0.4, 0.5) is 10.1 Å². The summed E-state index contributed by atoms with van der Waals surface area (Å²) in [4.78, 5) is 28.4. The van der Waals surface area contributed by atoms with Crippen LogP contribution in [0, 0.1) is 5.82 Å². The monoisotopic (exact) mass is 556 g/mol. The summed E-state index contributed by atoms with van der Waals surface area (Å²) in [6, 6.07) is 8.43. The molecular formula is C31H33FN6O3. The van der Waals surface area contributed by atoms with Crippen molar-refractivity contribution in [3.8, 4) is 11.1 Å². The molecule has 2 aliphatic heterocycles. The molecule has 1 fully saturated rings. The number of carbonyl (C=O) groups is 1. The second kappa shape index (κ2) is 10.1. The van der Waals surface area contributed by atoms with Crippen molar-refractivity contribution in [1.82, 2.24) is 24.6 Å². The zero-order valence-electron chi connectivity index (χ0n) is 23.0.